The van der Waals surface area contributed by atoms with E-state index in [1.165, 1.54) is 12.2 Å². The van der Waals surface area contributed by atoms with Gasteiger partial charge in [0, 0.05) is 0 Å². The zero-order valence-corrected chi connectivity index (χ0v) is 10.6. The Kier molecular flexibility index (Phi) is 5.45. The minimum atomic E-state index is -0.0929. The normalized spacial score (nSPS) is 10.8. The molecule has 0 heterocycles. The molecule has 0 bridgehead atoms. The van der Waals surface area contributed by atoms with E-state index >= 15 is 0 Å². The summed E-state index contributed by atoms with van der Waals surface area (Å²) in [7, 11) is 3.15. The third kappa shape index (κ3) is 3.94. The van der Waals surface area contributed by atoms with Crippen molar-refractivity contribution in [2.45, 2.75) is 0 Å². The molecular formula is C15H16O3. The fourth-order valence-electron chi connectivity index (χ4n) is 1.35. The highest BCUT2D eigenvalue weighted by Gasteiger charge is 2.02. The second kappa shape index (κ2) is 7.12. The number of methoxy groups -OCH3 is 2. The highest BCUT2D eigenvalue weighted by atomic mass is 16.5. The number of hydrogen-bond donors (Lipinski definition) is 0. The first-order chi connectivity index (χ1) is 8.71. The molecule has 0 aliphatic rings. The number of carbonyl (C=O) groups is 1. The van der Waals surface area contributed by atoms with Crippen molar-refractivity contribution in [2.24, 2.45) is 0 Å². The van der Waals surface area contributed by atoms with Gasteiger partial charge in [-0.15, -0.1) is 0 Å². The predicted molar refractivity (Wildman–Crippen MR) is 72.9 cm³/mol. The van der Waals surface area contributed by atoms with Crippen LogP contribution in [-0.4, -0.2) is 20.0 Å². The Labute approximate surface area is 107 Å². The Morgan fingerprint density at radius 3 is 2.50 bits per heavy atom. The van der Waals surface area contributed by atoms with Gasteiger partial charge in [0.1, 0.15) is 0 Å². The van der Waals surface area contributed by atoms with E-state index in [0.29, 0.717) is 11.5 Å². The molecule has 0 radical (unpaired) electrons. The van der Waals surface area contributed by atoms with Crippen LogP contribution in [0.4, 0.5) is 0 Å². The lowest BCUT2D eigenvalue weighted by Gasteiger charge is -2.07. The molecule has 0 aromatic heterocycles. The molecule has 0 aliphatic carbocycles. The van der Waals surface area contributed by atoms with Crippen LogP contribution in [0.3, 0.4) is 0 Å². The lowest BCUT2D eigenvalue weighted by Crippen LogP contribution is -1.90. The highest BCUT2D eigenvalue weighted by molar-refractivity contribution is 6.02. The lowest BCUT2D eigenvalue weighted by molar-refractivity contribution is -0.110. The Balaban J connectivity index is 2.85. The minimum absolute atomic E-state index is 0.0929. The first kappa shape index (κ1) is 13.8. The van der Waals surface area contributed by atoms with Gasteiger partial charge < -0.3 is 9.47 Å². The average molecular weight is 244 g/mol. The first-order valence-electron chi connectivity index (χ1n) is 5.44. The van der Waals surface area contributed by atoms with E-state index in [-0.39, 0.29) is 5.78 Å². The van der Waals surface area contributed by atoms with Crippen molar-refractivity contribution in [3.63, 3.8) is 0 Å². The highest BCUT2D eigenvalue weighted by Crippen LogP contribution is 2.27. The maximum atomic E-state index is 11.4. The molecule has 3 heteroatoms. The zero-order chi connectivity index (χ0) is 13.4. The molecule has 18 heavy (non-hydrogen) atoms. The van der Waals surface area contributed by atoms with Gasteiger partial charge in [-0.3, -0.25) is 4.79 Å². The maximum absolute atomic E-state index is 11.4. The number of hydrogen-bond acceptors (Lipinski definition) is 3. The van der Waals surface area contributed by atoms with Crippen molar-refractivity contribution >= 4 is 11.9 Å². The number of benzene rings is 1. The van der Waals surface area contributed by atoms with Crippen LogP contribution < -0.4 is 9.47 Å². The van der Waals surface area contributed by atoms with Gasteiger partial charge >= 0.3 is 0 Å². The lowest BCUT2D eigenvalue weighted by atomic mass is 10.1. The van der Waals surface area contributed by atoms with Gasteiger partial charge in [-0.05, 0) is 29.8 Å². The van der Waals surface area contributed by atoms with E-state index in [2.05, 4.69) is 6.58 Å². The largest absolute Gasteiger partial charge is 0.493 e. The van der Waals surface area contributed by atoms with Crippen molar-refractivity contribution in [1.82, 2.24) is 0 Å². The SMILES string of the molecule is C=CC=CC(=O)C=Cc1ccc(OC)c(OC)c1. The van der Waals surface area contributed by atoms with Gasteiger partial charge in [0.15, 0.2) is 17.3 Å². The Bertz CT molecular complexity index is 485. The van der Waals surface area contributed by atoms with Crippen LogP contribution in [0.25, 0.3) is 6.08 Å². The van der Waals surface area contributed by atoms with Crippen molar-refractivity contribution in [3.8, 4) is 11.5 Å². The van der Waals surface area contributed by atoms with Gasteiger partial charge in [-0.2, -0.15) is 0 Å². The quantitative estimate of drug-likeness (QED) is 0.570. The van der Waals surface area contributed by atoms with Crippen LogP contribution in [0.2, 0.25) is 0 Å². The predicted octanol–water partition coefficient (Wildman–Crippen LogP) is 3.03. The molecule has 0 saturated carbocycles. The molecular weight excluding hydrogens is 228 g/mol. The molecule has 0 N–H and O–H groups in total. The first-order valence-corrected chi connectivity index (χ1v) is 5.44. The van der Waals surface area contributed by atoms with Crippen LogP contribution >= 0.6 is 0 Å². The Hall–Kier alpha value is -2.29. The van der Waals surface area contributed by atoms with Crippen LogP contribution in [0, 0.1) is 0 Å². The van der Waals surface area contributed by atoms with Crippen molar-refractivity contribution in [3.05, 3.63) is 54.6 Å². The number of rotatable bonds is 6. The van der Waals surface area contributed by atoms with E-state index in [0.717, 1.165) is 5.56 Å². The van der Waals surface area contributed by atoms with Gasteiger partial charge in [-0.1, -0.05) is 30.9 Å². The van der Waals surface area contributed by atoms with Crippen molar-refractivity contribution < 1.29 is 14.3 Å². The molecule has 1 rings (SSSR count). The molecule has 0 atom stereocenters. The van der Waals surface area contributed by atoms with E-state index in [1.807, 2.05) is 6.07 Å². The Morgan fingerprint density at radius 2 is 1.89 bits per heavy atom. The van der Waals surface area contributed by atoms with Crippen LogP contribution in [0.1, 0.15) is 5.56 Å². The second-order valence-corrected chi connectivity index (χ2v) is 3.44. The number of allylic oxidation sites excluding steroid dienone is 4. The van der Waals surface area contributed by atoms with Crippen molar-refractivity contribution in [2.75, 3.05) is 14.2 Å². The van der Waals surface area contributed by atoms with E-state index in [9.17, 15) is 4.79 Å². The fourth-order valence-corrected chi connectivity index (χ4v) is 1.35. The molecule has 0 unspecified atom stereocenters. The summed E-state index contributed by atoms with van der Waals surface area (Å²) < 4.78 is 10.3. The summed E-state index contributed by atoms with van der Waals surface area (Å²) in [5.74, 6) is 1.20. The third-order valence-corrected chi connectivity index (χ3v) is 2.24. The average Bonchev–Trinajstić information content (AvgIpc) is 2.42. The molecule has 0 saturated heterocycles. The molecule has 0 fully saturated rings. The molecule has 1 aromatic carbocycles. The van der Waals surface area contributed by atoms with E-state index in [4.69, 9.17) is 9.47 Å². The summed E-state index contributed by atoms with van der Waals surface area (Å²) >= 11 is 0. The van der Waals surface area contributed by atoms with Gasteiger partial charge in [0.2, 0.25) is 0 Å². The Morgan fingerprint density at radius 1 is 1.17 bits per heavy atom. The minimum Gasteiger partial charge on any atom is -0.493 e. The van der Waals surface area contributed by atoms with E-state index < -0.39 is 0 Å². The number of ether oxygens (including phenoxy) is 2. The summed E-state index contributed by atoms with van der Waals surface area (Å²) in [6, 6.07) is 5.45. The summed E-state index contributed by atoms with van der Waals surface area (Å²) in [6.45, 7) is 3.50. The van der Waals surface area contributed by atoms with Crippen LogP contribution in [0.5, 0.6) is 11.5 Å². The van der Waals surface area contributed by atoms with E-state index in [1.54, 1.807) is 44.6 Å². The summed E-state index contributed by atoms with van der Waals surface area (Å²) in [5, 5.41) is 0. The maximum Gasteiger partial charge on any atom is 0.178 e. The summed E-state index contributed by atoms with van der Waals surface area (Å²) in [6.07, 6.45) is 7.81. The van der Waals surface area contributed by atoms with Gasteiger partial charge in [0.05, 0.1) is 14.2 Å². The monoisotopic (exact) mass is 244 g/mol. The topological polar surface area (TPSA) is 35.5 Å². The molecule has 0 aliphatic heterocycles. The molecule has 1 aromatic rings. The van der Waals surface area contributed by atoms with Crippen molar-refractivity contribution in [1.29, 1.82) is 0 Å². The molecule has 0 amide bonds. The number of carbonyl (C=O) groups excluding carboxylic acids is 1. The van der Waals surface area contributed by atoms with Crippen LogP contribution in [-0.2, 0) is 4.79 Å². The second-order valence-electron chi connectivity index (χ2n) is 3.44. The standard InChI is InChI=1S/C15H16O3/c1-4-5-6-13(16)9-7-12-8-10-14(17-2)15(11-12)18-3/h4-11H,1H2,2-3H3. The smallest absolute Gasteiger partial charge is 0.178 e. The molecule has 0 spiro atoms. The summed E-state index contributed by atoms with van der Waals surface area (Å²) in [5.41, 5.74) is 0.869. The summed E-state index contributed by atoms with van der Waals surface area (Å²) in [4.78, 5) is 11.4. The molecule has 94 valence electrons. The van der Waals surface area contributed by atoms with Gasteiger partial charge in [0.25, 0.3) is 0 Å². The molecule has 3 nitrogen and oxygen atoms in total. The third-order valence-electron chi connectivity index (χ3n) is 2.24. The van der Waals surface area contributed by atoms with Gasteiger partial charge in [-0.25, -0.2) is 0 Å². The van der Waals surface area contributed by atoms with Crippen LogP contribution in [0.15, 0.2) is 49.1 Å². The zero-order valence-electron chi connectivity index (χ0n) is 10.6. The number of ketones is 1. The fraction of sp³-hybridized carbons (Fsp3) is 0.133.